The average molecular weight is 368 g/mol. The smallest absolute Gasteiger partial charge is 0.328 e. The Hall–Kier alpha value is -2.24. The van der Waals surface area contributed by atoms with Gasteiger partial charge in [-0.25, -0.2) is 0 Å². The second-order valence-corrected chi connectivity index (χ2v) is 12.9. The SMILES string of the molecule is CC(C)(C)[Si](c1ccccc1)(c1ccccc1)[C@@H]1CN[C@H](C(=O)O)C1=O. The van der Waals surface area contributed by atoms with Crippen LogP contribution in [0.25, 0.3) is 0 Å². The molecule has 2 atom stereocenters. The number of carbonyl (C=O) groups excluding carboxylic acids is 1. The van der Waals surface area contributed by atoms with Gasteiger partial charge in [-0.2, -0.15) is 0 Å². The zero-order chi connectivity index (χ0) is 18.9. The number of carbonyl (C=O) groups is 2. The molecule has 0 spiro atoms. The topological polar surface area (TPSA) is 66.4 Å². The molecule has 1 fully saturated rings. The van der Waals surface area contributed by atoms with Crippen LogP contribution in [0.2, 0.25) is 10.6 Å². The van der Waals surface area contributed by atoms with Gasteiger partial charge < -0.3 is 5.11 Å². The molecule has 0 saturated carbocycles. The van der Waals surface area contributed by atoms with E-state index < -0.39 is 20.1 Å². The molecule has 26 heavy (non-hydrogen) atoms. The fraction of sp³-hybridized carbons (Fsp3) is 0.333. The van der Waals surface area contributed by atoms with Gasteiger partial charge in [0.2, 0.25) is 0 Å². The van der Waals surface area contributed by atoms with Crippen molar-refractivity contribution in [2.45, 2.75) is 37.4 Å². The maximum absolute atomic E-state index is 13.2. The zero-order valence-electron chi connectivity index (χ0n) is 15.4. The molecule has 0 unspecified atom stereocenters. The molecule has 2 N–H and O–H groups in total. The Morgan fingerprint density at radius 2 is 1.46 bits per heavy atom. The van der Waals surface area contributed by atoms with Gasteiger partial charge in [-0.1, -0.05) is 91.8 Å². The Bertz CT molecular complexity index is 760. The first-order valence-electron chi connectivity index (χ1n) is 8.91. The molecule has 0 aliphatic carbocycles. The van der Waals surface area contributed by atoms with Crippen LogP contribution in [0, 0.1) is 0 Å². The Morgan fingerprint density at radius 1 is 1.00 bits per heavy atom. The molecule has 0 radical (unpaired) electrons. The standard InChI is InChI=1S/C21H25NO3Si/c1-21(2,3)26(15-10-6-4-7-11-15,16-12-8-5-9-13-16)17-14-22-18(19(17)23)20(24)25/h4-13,17-18,22H,14H2,1-3H3,(H,24,25)/t17-,18+/m1/s1. The third-order valence-corrected chi connectivity index (χ3v) is 12.0. The normalized spacial score (nSPS) is 21.0. The second kappa shape index (κ2) is 6.82. The number of benzene rings is 2. The second-order valence-electron chi connectivity index (χ2n) is 7.92. The average Bonchev–Trinajstić information content (AvgIpc) is 2.98. The number of hydrogen-bond donors (Lipinski definition) is 2. The third-order valence-electron chi connectivity index (χ3n) is 5.56. The number of carboxylic acids is 1. The molecule has 0 bridgehead atoms. The van der Waals surface area contributed by atoms with E-state index in [0.29, 0.717) is 6.54 Å². The number of rotatable bonds is 4. The van der Waals surface area contributed by atoms with Crippen molar-refractivity contribution in [2.24, 2.45) is 0 Å². The summed E-state index contributed by atoms with van der Waals surface area (Å²) in [5, 5.41) is 14.6. The van der Waals surface area contributed by atoms with Gasteiger partial charge in [0, 0.05) is 12.1 Å². The van der Waals surface area contributed by atoms with Crippen LogP contribution in [-0.4, -0.2) is 37.5 Å². The highest BCUT2D eigenvalue weighted by molar-refractivity contribution is 7.07. The molecule has 1 saturated heterocycles. The molecular weight excluding hydrogens is 342 g/mol. The van der Waals surface area contributed by atoms with Crippen LogP contribution in [0.4, 0.5) is 0 Å². The summed E-state index contributed by atoms with van der Waals surface area (Å²) in [5.74, 6) is -1.28. The minimum absolute atomic E-state index is 0.175. The Morgan fingerprint density at radius 3 is 1.81 bits per heavy atom. The molecule has 5 heteroatoms. The predicted octanol–water partition coefficient (Wildman–Crippen LogP) is 2.05. The summed E-state index contributed by atoms with van der Waals surface area (Å²) in [5.41, 5.74) is -0.326. The summed E-state index contributed by atoms with van der Waals surface area (Å²) in [6.45, 7) is 6.95. The summed E-state index contributed by atoms with van der Waals surface area (Å²) >= 11 is 0. The molecule has 1 heterocycles. The van der Waals surface area contributed by atoms with E-state index in [0.717, 1.165) is 0 Å². The summed E-state index contributed by atoms with van der Waals surface area (Å²) in [7, 11) is -2.64. The maximum atomic E-state index is 13.2. The van der Waals surface area contributed by atoms with Gasteiger partial charge in [0.1, 0.15) is 8.07 Å². The lowest BCUT2D eigenvalue weighted by molar-refractivity contribution is -0.141. The first-order valence-corrected chi connectivity index (χ1v) is 11.0. The van der Waals surface area contributed by atoms with Crippen LogP contribution >= 0.6 is 0 Å². The number of aliphatic carboxylic acids is 1. The largest absolute Gasteiger partial charge is 0.480 e. The van der Waals surface area contributed by atoms with Crippen LogP contribution in [0.3, 0.4) is 0 Å². The van der Waals surface area contributed by atoms with Crippen LogP contribution in [0.15, 0.2) is 60.7 Å². The highest BCUT2D eigenvalue weighted by Gasteiger charge is 2.59. The van der Waals surface area contributed by atoms with E-state index in [9.17, 15) is 14.7 Å². The Balaban J connectivity index is 2.29. The monoisotopic (exact) mass is 367 g/mol. The fourth-order valence-corrected chi connectivity index (χ4v) is 10.9. The molecule has 1 aliphatic heterocycles. The third kappa shape index (κ3) is 2.81. The lowest BCUT2D eigenvalue weighted by Crippen LogP contribution is -2.68. The minimum Gasteiger partial charge on any atom is -0.480 e. The van der Waals surface area contributed by atoms with Gasteiger partial charge in [0.15, 0.2) is 11.8 Å². The quantitative estimate of drug-likeness (QED) is 0.641. The summed E-state index contributed by atoms with van der Waals surface area (Å²) < 4.78 is 0. The summed E-state index contributed by atoms with van der Waals surface area (Å²) in [6.07, 6.45) is 0. The van der Waals surface area contributed by atoms with E-state index in [2.05, 4.69) is 50.4 Å². The number of Topliss-reactive ketones (excluding diaryl/α,β-unsaturated/α-hetero) is 1. The number of hydrogen-bond acceptors (Lipinski definition) is 3. The van der Waals surface area contributed by atoms with E-state index in [1.807, 2.05) is 36.4 Å². The predicted molar refractivity (Wildman–Crippen MR) is 106 cm³/mol. The number of carboxylic acid groups (broad SMARTS) is 1. The summed E-state index contributed by atoms with van der Waals surface area (Å²) in [6, 6.07) is 19.3. The molecule has 2 aromatic carbocycles. The van der Waals surface area contributed by atoms with Crippen LogP contribution < -0.4 is 15.7 Å². The van der Waals surface area contributed by atoms with E-state index >= 15 is 0 Å². The maximum Gasteiger partial charge on any atom is 0.328 e. The fourth-order valence-electron chi connectivity index (χ4n) is 4.57. The lowest BCUT2D eigenvalue weighted by Gasteiger charge is -2.47. The van der Waals surface area contributed by atoms with Crippen molar-refractivity contribution in [1.29, 1.82) is 0 Å². The van der Waals surface area contributed by atoms with Gasteiger partial charge in [-0.3, -0.25) is 14.9 Å². The van der Waals surface area contributed by atoms with Crippen molar-refractivity contribution >= 4 is 30.2 Å². The van der Waals surface area contributed by atoms with E-state index in [1.165, 1.54) is 10.4 Å². The van der Waals surface area contributed by atoms with Gasteiger partial charge in [0.05, 0.1) is 0 Å². The van der Waals surface area contributed by atoms with Crippen LogP contribution in [0.5, 0.6) is 0 Å². The zero-order valence-corrected chi connectivity index (χ0v) is 16.4. The van der Waals surface area contributed by atoms with Crippen molar-refractivity contribution in [1.82, 2.24) is 5.32 Å². The van der Waals surface area contributed by atoms with Crippen molar-refractivity contribution in [3.63, 3.8) is 0 Å². The molecule has 0 amide bonds. The highest BCUT2D eigenvalue weighted by atomic mass is 28.3. The molecule has 2 aromatic rings. The molecule has 136 valence electrons. The molecule has 3 rings (SSSR count). The van der Waals surface area contributed by atoms with Crippen LogP contribution in [0.1, 0.15) is 20.8 Å². The van der Waals surface area contributed by atoms with Gasteiger partial charge >= 0.3 is 5.97 Å². The van der Waals surface area contributed by atoms with Crippen LogP contribution in [-0.2, 0) is 9.59 Å². The minimum atomic E-state index is -2.64. The van der Waals surface area contributed by atoms with Crippen molar-refractivity contribution in [2.75, 3.05) is 6.54 Å². The van der Waals surface area contributed by atoms with Crippen molar-refractivity contribution in [3.8, 4) is 0 Å². The Labute approximate surface area is 155 Å². The lowest BCUT2D eigenvalue weighted by atomic mass is 10.2. The number of nitrogens with one attached hydrogen (secondary N) is 1. The molecule has 1 aliphatic rings. The molecule has 0 aromatic heterocycles. The highest BCUT2D eigenvalue weighted by Crippen LogP contribution is 2.45. The van der Waals surface area contributed by atoms with E-state index in [-0.39, 0.29) is 16.4 Å². The number of ketones is 1. The molecule has 4 nitrogen and oxygen atoms in total. The first-order chi connectivity index (χ1) is 12.3. The van der Waals surface area contributed by atoms with Crippen molar-refractivity contribution in [3.05, 3.63) is 60.7 Å². The van der Waals surface area contributed by atoms with Gasteiger partial charge in [0.25, 0.3) is 0 Å². The van der Waals surface area contributed by atoms with E-state index in [4.69, 9.17) is 0 Å². The van der Waals surface area contributed by atoms with Gasteiger partial charge in [-0.15, -0.1) is 0 Å². The van der Waals surface area contributed by atoms with E-state index in [1.54, 1.807) is 0 Å². The summed E-state index contributed by atoms with van der Waals surface area (Å²) in [4.78, 5) is 24.7. The first kappa shape index (κ1) is 18.5. The van der Waals surface area contributed by atoms with Crippen molar-refractivity contribution < 1.29 is 14.7 Å². The Kier molecular flexibility index (Phi) is 4.86. The molecular formula is C21H25NO3Si. The van der Waals surface area contributed by atoms with Gasteiger partial charge in [-0.05, 0) is 5.04 Å².